The number of hydrogen-bond acceptors (Lipinski definition) is 1. The molecule has 1 aromatic carbocycles. The Morgan fingerprint density at radius 2 is 2.25 bits per heavy atom. The van der Waals surface area contributed by atoms with Gasteiger partial charge in [-0.05, 0) is 55.5 Å². The molecule has 1 heterocycles. The first kappa shape index (κ1) is 12.1. The molecule has 2 atom stereocenters. The van der Waals surface area contributed by atoms with E-state index in [0.717, 1.165) is 28.9 Å². The van der Waals surface area contributed by atoms with E-state index in [-0.39, 0.29) is 5.82 Å². The molecule has 1 nitrogen and oxygen atoms in total. The third-order valence-electron chi connectivity index (χ3n) is 3.16. The fourth-order valence-corrected chi connectivity index (χ4v) is 2.90. The van der Waals surface area contributed by atoms with Crippen molar-refractivity contribution in [2.75, 3.05) is 6.54 Å². The van der Waals surface area contributed by atoms with E-state index in [9.17, 15) is 4.39 Å². The van der Waals surface area contributed by atoms with Crippen LogP contribution in [0.15, 0.2) is 22.7 Å². The zero-order chi connectivity index (χ0) is 11.5. The van der Waals surface area contributed by atoms with Crippen molar-refractivity contribution >= 4 is 15.9 Å². The lowest BCUT2D eigenvalue weighted by Gasteiger charge is -2.28. The van der Waals surface area contributed by atoms with Crippen LogP contribution in [0.1, 0.15) is 25.3 Å². The molecule has 1 fully saturated rings. The molecule has 0 saturated carbocycles. The zero-order valence-corrected chi connectivity index (χ0v) is 11.1. The van der Waals surface area contributed by atoms with Gasteiger partial charge in [0.15, 0.2) is 0 Å². The molecule has 0 radical (unpaired) electrons. The lowest BCUT2D eigenvalue weighted by Crippen LogP contribution is -2.38. The Balaban J connectivity index is 2.02. The smallest absolute Gasteiger partial charge is 0.124 e. The van der Waals surface area contributed by atoms with Crippen LogP contribution in [0.5, 0.6) is 0 Å². The molecular weight excluding hydrogens is 269 g/mol. The first-order valence-electron chi connectivity index (χ1n) is 5.82. The minimum Gasteiger partial charge on any atom is -0.314 e. The van der Waals surface area contributed by atoms with Gasteiger partial charge in [0.1, 0.15) is 5.82 Å². The van der Waals surface area contributed by atoms with E-state index < -0.39 is 0 Å². The van der Waals surface area contributed by atoms with Crippen molar-refractivity contribution in [3.8, 4) is 0 Å². The summed E-state index contributed by atoms with van der Waals surface area (Å²) in [4.78, 5) is 0. The molecule has 0 spiro atoms. The largest absolute Gasteiger partial charge is 0.314 e. The minimum absolute atomic E-state index is 0.159. The van der Waals surface area contributed by atoms with Crippen LogP contribution in [0.25, 0.3) is 0 Å². The maximum absolute atomic E-state index is 13.2. The third kappa shape index (κ3) is 3.29. The minimum atomic E-state index is -0.159. The Hall–Kier alpha value is -0.410. The van der Waals surface area contributed by atoms with E-state index in [1.807, 2.05) is 6.07 Å². The van der Waals surface area contributed by atoms with Gasteiger partial charge >= 0.3 is 0 Å². The summed E-state index contributed by atoms with van der Waals surface area (Å²) in [5, 5.41) is 3.50. The first-order valence-corrected chi connectivity index (χ1v) is 6.61. The van der Waals surface area contributed by atoms with Gasteiger partial charge in [0, 0.05) is 10.5 Å². The highest BCUT2D eigenvalue weighted by Gasteiger charge is 2.18. The average molecular weight is 286 g/mol. The predicted molar refractivity (Wildman–Crippen MR) is 68.0 cm³/mol. The predicted octanol–water partition coefficient (Wildman–Crippen LogP) is 3.52. The van der Waals surface area contributed by atoms with E-state index >= 15 is 0 Å². The van der Waals surface area contributed by atoms with Crippen LogP contribution in [-0.4, -0.2) is 12.6 Å². The summed E-state index contributed by atoms with van der Waals surface area (Å²) in [5.74, 6) is 0.622. The molecular formula is C13H17BrFN. The number of hydrogen-bond donors (Lipinski definition) is 1. The van der Waals surface area contributed by atoms with E-state index in [4.69, 9.17) is 0 Å². The van der Waals surface area contributed by atoms with Gasteiger partial charge in [0.05, 0.1) is 0 Å². The van der Waals surface area contributed by atoms with Crippen LogP contribution in [-0.2, 0) is 6.42 Å². The Morgan fingerprint density at radius 3 is 2.94 bits per heavy atom. The summed E-state index contributed by atoms with van der Waals surface area (Å²) in [5.41, 5.74) is 1.07. The normalized spacial score (nSPS) is 25.7. The van der Waals surface area contributed by atoms with Crippen molar-refractivity contribution in [1.82, 2.24) is 5.32 Å². The number of halogens is 2. The molecule has 88 valence electrons. The fourth-order valence-electron chi connectivity index (χ4n) is 2.39. The lowest BCUT2D eigenvalue weighted by atomic mass is 9.90. The number of rotatable bonds is 2. The van der Waals surface area contributed by atoms with Crippen molar-refractivity contribution in [3.63, 3.8) is 0 Å². The van der Waals surface area contributed by atoms with Gasteiger partial charge in [-0.2, -0.15) is 0 Å². The van der Waals surface area contributed by atoms with Gasteiger partial charge in [0.25, 0.3) is 0 Å². The number of benzene rings is 1. The Bertz CT molecular complexity index is 347. The highest BCUT2D eigenvalue weighted by atomic mass is 79.9. The van der Waals surface area contributed by atoms with Crippen LogP contribution in [0, 0.1) is 11.7 Å². The van der Waals surface area contributed by atoms with E-state index in [2.05, 4.69) is 28.2 Å². The van der Waals surface area contributed by atoms with E-state index in [1.54, 1.807) is 6.07 Å². The maximum Gasteiger partial charge on any atom is 0.124 e. The van der Waals surface area contributed by atoms with Crippen LogP contribution >= 0.6 is 15.9 Å². The van der Waals surface area contributed by atoms with Crippen molar-refractivity contribution in [2.45, 2.75) is 32.2 Å². The number of piperidine rings is 1. The molecule has 2 unspecified atom stereocenters. The van der Waals surface area contributed by atoms with Gasteiger partial charge in [0.2, 0.25) is 0 Å². The molecule has 3 heteroatoms. The van der Waals surface area contributed by atoms with Gasteiger partial charge in [-0.3, -0.25) is 0 Å². The third-order valence-corrected chi connectivity index (χ3v) is 3.62. The monoisotopic (exact) mass is 285 g/mol. The van der Waals surface area contributed by atoms with Crippen molar-refractivity contribution in [3.05, 3.63) is 34.1 Å². The molecule has 0 aliphatic carbocycles. The summed E-state index contributed by atoms with van der Waals surface area (Å²) >= 11 is 3.33. The maximum atomic E-state index is 13.2. The summed E-state index contributed by atoms with van der Waals surface area (Å²) in [7, 11) is 0. The molecule has 0 aromatic heterocycles. The standard InChI is InChI=1S/C13H17BrFN/c1-9-2-3-16-13(4-9)7-10-5-11(14)8-12(15)6-10/h5-6,8-9,13,16H,2-4,7H2,1H3. The number of nitrogens with one attached hydrogen (secondary N) is 1. The molecule has 1 aliphatic heterocycles. The molecule has 16 heavy (non-hydrogen) atoms. The quantitative estimate of drug-likeness (QED) is 0.877. The van der Waals surface area contributed by atoms with Crippen LogP contribution in [0.4, 0.5) is 4.39 Å². The molecule has 2 rings (SSSR count). The zero-order valence-electron chi connectivity index (χ0n) is 9.47. The highest BCUT2D eigenvalue weighted by molar-refractivity contribution is 9.10. The molecule has 0 amide bonds. The van der Waals surface area contributed by atoms with Gasteiger partial charge < -0.3 is 5.32 Å². The molecule has 1 saturated heterocycles. The first-order chi connectivity index (χ1) is 7.63. The van der Waals surface area contributed by atoms with Gasteiger partial charge in [-0.1, -0.05) is 22.9 Å². The Kier molecular flexibility index (Phi) is 3.98. The highest BCUT2D eigenvalue weighted by Crippen LogP contribution is 2.21. The van der Waals surface area contributed by atoms with Crippen LogP contribution in [0.2, 0.25) is 0 Å². The Morgan fingerprint density at radius 1 is 1.44 bits per heavy atom. The van der Waals surface area contributed by atoms with Crippen LogP contribution in [0.3, 0.4) is 0 Å². The molecule has 1 aliphatic rings. The van der Waals surface area contributed by atoms with E-state index in [1.165, 1.54) is 18.9 Å². The summed E-state index contributed by atoms with van der Waals surface area (Å²) in [6, 6.07) is 5.63. The second kappa shape index (κ2) is 5.28. The molecule has 1 aromatic rings. The topological polar surface area (TPSA) is 12.0 Å². The van der Waals surface area contributed by atoms with Crippen molar-refractivity contribution in [1.29, 1.82) is 0 Å². The summed E-state index contributed by atoms with van der Waals surface area (Å²) < 4.78 is 14.0. The van der Waals surface area contributed by atoms with E-state index in [0.29, 0.717) is 6.04 Å². The van der Waals surface area contributed by atoms with Crippen LogP contribution < -0.4 is 5.32 Å². The second-order valence-corrected chi connectivity index (χ2v) is 5.68. The van der Waals surface area contributed by atoms with Gasteiger partial charge in [-0.15, -0.1) is 0 Å². The Labute approximate surface area is 105 Å². The summed E-state index contributed by atoms with van der Waals surface area (Å²) in [6.45, 7) is 3.37. The second-order valence-electron chi connectivity index (χ2n) is 4.76. The van der Waals surface area contributed by atoms with Crippen molar-refractivity contribution in [2.24, 2.45) is 5.92 Å². The molecule has 0 bridgehead atoms. The average Bonchev–Trinajstić information content (AvgIpc) is 2.15. The molecule has 1 N–H and O–H groups in total. The lowest BCUT2D eigenvalue weighted by molar-refractivity contribution is 0.318. The van der Waals surface area contributed by atoms with Crippen molar-refractivity contribution < 1.29 is 4.39 Å². The SMILES string of the molecule is CC1CCNC(Cc2cc(F)cc(Br)c2)C1. The summed E-state index contributed by atoms with van der Waals surface area (Å²) in [6.07, 6.45) is 3.36. The fraction of sp³-hybridized carbons (Fsp3) is 0.538. The van der Waals surface area contributed by atoms with Gasteiger partial charge in [-0.25, -0.2) is 4.39 Å².